The minimum Gasteiger partial charge on any atom is -0.369 e. The molecular weight excluding hydrogens is 250 g/mol. The smallest absolute Gasteiger partial charge is 0.207 e. The van der Waals surface area contributed by atoms with E-state index in [1.165, 1.54) is 0 Å². The van der Waals surface area contributed by atoms with Crippen molar-refractivity contribution in [1.29, 1.82) is 0 Å². The van der Waals surface area contributed by atoms with Crippen molar-refractivity contribution in [1.82, 2.24) is 19.5 Å². The Morgan fingerprint density at radius 2 is 1.70 bits per heavy atom. The predicted molar refractivity (Wildman–Crippen MR) is 78.6 cm³/mol. The lowest BCUT2D eigenvalue weighted by Gasteiger charge is -2.08. The van der Waals surface area contributed by atoms with Crippen LogP contribution in [0.2, 0.25) is 0 Å². The van der Waals surface area contributed by atoms with Gasteiger partial charge in [-0.25, -0.2) is 9.97 Å². The van der Waals surface area contributed by atoms with Gasteiger partial charge in [0.25, 0.3) is 0 Å². The van der Waals surface area contributed by atoms with E-state index < -0.39 is 0 Å². The highest BCUT2D eigenvalue weighted by Gasteiger charge is 2.13. The van der Waals surface area contributed by atoms with Crippen LogP contribution >= 0.6 is 0 Å². The summed E-state index contributed by atoms with van der Waals surface area (Å²) in [5.41, 5.74) is 9.35. The Kier molecular flexibility index (Phi) is 2.20. The summed E-state index contributed by atoms with van der Waals surface area (Å²) in [5, 5.41) is 1.06. The molecule has 0 amide bonds. The zero-order valence-electron chi connectivity index (χ0n) is 10.6. The van der Waals surface area contributed by atoms with E-state index >= 15 is 0 Å². The SMILES string of the molecule is Nc1nc2cccnc2n1-c1cccc2cccnc12. The Hall–Kier alpha value is -2.95. The second-order valence-electron chi connectivity index (χ2n) is 4.50. The van der Waals surface area contributed by atoms with Gasteiger partial charge in [-0.1, -0.05) is 18.2 Å². The third kappa shape index (κ3) is 1.46. The number of rotatable bonds is 1. The molecule has 3 aromatic heterocycles. The van der Waals surface area contributed by atoms with Gasteiger partial charge >= 0.3 is 0 Å². The van der Waals surface area contributed by atoms with Gasteiger partial charge in [-0.15, -0.1) is 0 Å². The zero-order valence-corrected chi connectivity index (χ0v) is 10.6. The van der Waals surface area contributed by atoms with Crippen LogP contribution in [0.1, 0.15) is 0 Å². The van der Waals surface area contributed by atoms with Crippen molar-refractivity contribution >= 4 is 28.0 Å². The van der Waals surface area contributed by atoms with E-state index in [1.807, 2.05) is 47.0 Å². The minimum absolute atomic E-state index is 0.414. The first kappa shape index (κ1) is 10.9. The largest absolute Gasteiger partial charge is 0.369 e. The summed E-state index contributed by atoms with van der Waals surface area (Å²) in [6.07, 6.45) is 3.51. The fraction of sp³-hybridized carbons (Fsp3) is 0. The fourth-order valence-corrected chi connectivity index (χ4v) is 2.44. The third-order valence-electron chi connectivity index (χ3n) is 3.29. The van der Waals surface area contributed by atoms with Crippen molar-refractivity contribution in [2.24, 2.45) is 0 Å². The van der Waals surface area contributed by atoms with Gasteiger partial charge < -0.3 is 5.73 Å². The molecule has 5 heteroatoms. The number of fused-ring (bicyclic) bond motifs is 2. The van der Waals surface area contributed by atoms with Crippen molar-refractivity contribution in [2.75, 3.05) is 5.73 Å². The predicted octanol–water partition coefficient (Wildman–Crippen LogP) is 2.55. The van der Waals surface area contributed by atoms with E-state index in [0.29, 0.717) is 5.95 Å². The number of nitrogens with zero attached hydrogens (tertiary/aromatic N) is 4. The Morgan fingerprint density at radius 3 is 2.65 bits per heavy atom. The lowest BCUT2D eigenvalue weighted by atomic mass is 10.2. The first-order chi connectivity index (χ1) is 9.84. The molecule has 20 heavy (non-hydrogen) atoms. The Balaban J connectivity index is 2.14. The summed E-state index contributed by atoms with van der Waals surface area (Å²) in [5.74, 6) is 0.414. The van der Waals surface area contributed by atoms with Gasteiger partial charge in [-0.3, -0.25) is 9.55 Å². The molecule has 2 N–H and O–H groups in total. The molecule has 0 aliphatic heterocycles. The number of hydrogen-bond acceptors (Lipinski definition) is 4. The molecule has 0 atom stereocenters. The third-order valence-corrected chi connectivity index (χ3v) is 3.29. The van der Waals surface area contributed by atoms with Gasteiger partial charge in [-0.2, -0.15) is 0 Å². The van der Waals surface area contributed by atoms with Gasteiger partial charge in [0.05, 0.1) is 11.2 Å². The van der Waals surface area contributed by atoms with Crippen LogP contribution in [0.15, 0.2) is 54.9 Å². The first-order valence-electron chi connectivity index (χ1n) is 6.28. The molecule has 0 aliphatic carbocycles. The van der Waals surface area contributed by atoms with Crippen LogP contribution in [-0.4, -0.2) is 19.5 Å². The average Bonchev–Trinajstić information content (AvgIpc) is 2.82. The normalized spacial score (nSPS) is 11.2. The number of aromatic nitrogens is 4. The number of hydrogen-bond donors (Lipinski definition) is 1. The lowest BCUT2D eigenvalue weighted by molar-refractivity contribution is 1.09. The maximum atomic E-state index is 6.06. The van der Waals surface area contributed by atoms with Gasteiger partial charge in [0, 0.05) is 17.8 Å². The first-order valence-corrected chi connectivity index (χ1v) is 6.28. The van der Waals surface area contributed by atoms with Crippen molar-refractivity contribution in [3.05, 3.63) is 54.9 Å². The zero-order chi connectivity index (χ0) is 13.5. The van der Waals surface area contributed by atoms with Crippen LogP contribution in [0, 0.1) is 0 Å². The quantitative estimate of drug-likeness (QED) is 0.571. The van der Waals surface area contributed by atoms with Crippen molar-refractivity contribution < 1.29 is 0 Å². The second kappa shape index (κ2) is 4.03. The van der Waals surface area contributed by atoms with Crippen LogP contribution in [0.4, 0.5) is 5.95 Å². The summed E-state index contributed by atoms with van der Waals surface area (Å²) < 4.78 is 1.84. The maximum absolute atomic E-state index is 6.06. The van der Waals surface area contributed by atoms with Crippen molar-refractivity contribution in [2.45, 2.75) is 0 Å². The number of anilines is 1. The van der Waals surface area contributed by atoms with Gasteiger partial charge in [0.2, 0.25) is 5.95 Å². The number of nitrogen functional groups attached to an aromatic ring is 1. The van der Waals surface area contributed by atoms with E-state index in [0.717, 1.165) is 27.8 Å². The summed E-state index contributed by atoms with van der Waals surface area (Å²) in [4.78, 5) is 13.2. The number of imidazole rings is 1. The Morgan fingerprint density at radius 1 is 0.900 bits per heavy atom. The number of nitrogens with two attached hydrogens (primary N) is 1. The highest BCUT2D eigenvalue weighted by atomic mass is 15.2. The van der Waals surface area contributed by atoms with Crippen LogP contribution in [0.25, 0.3) is 27.8 Å². The molecule has 5 nitrogen and oxygen atoms in total. The van der Waals surface area contributed by atoms with Crippen LogP contribution in [-0.2, 0) is 0 Å². The molecule has 0 bridgehead atoms. The highest BCUT2D eigenvalue weighted by molar-refractivity contribution is 5.89. The summed E-state index contributed by atoms with van der Waals surface area (Å²) in [6.45, 7) is 0. The van der Waals surface area contributed by atoms with E-state index in [9.17, 15) is 0 Å². The van der Waals surface area contributed by atoms with Crippen molar-refractivity contribution in [3.63, 3.8) is 0 Å². The molecule has 0 saturated heterocycles. The monoisotopic (exact) mass is 261 g/mol. The standard InChI is InChI=1S/C15H11N5/c16-15-19-11-6-3-9-18-14(11)20(15)12-7-1-4-10-5-2-8-17-13(10)12/h1-9H,(H2,16,19). The van der Waals surface area contributed by atoms with E-state index in [-0.39, 0.29) is 0 Å². The summed E-state index contributed by atoms with van der Waals surface area (Å²) in [6, 6.07) is 13.7. The van der Waals surface area contributed by atoms with Crippen LogP contribution in [0.5, 0.6) is 0 Å². The van der Waals surface area contributed by atoms with E-state index in [1.54, 1.807) is 12.4 Å². The minimum atomic E-state index is 0.414. The van der Waals surface area contributed by atoms with Crippen LogP contribution in [0.3, 0.4) is 0 Å². The summed E-state index contributed by atoms with van der Waals surface area (Å²) >= 11 is 0. The molecule has 96 valence electrons. The number of para-hydroxylation sites is 1. The molecule has 1 aromatic carbocycles. The molecule has 0 spiro atoms. The van der Waals surface area contributed by atoms with Crippen LogP contribution < -0.4 is 5.73 Å². The number of pyridine rings is 2. The molecule has 0 saturated carbocycles. The van der Waals surface area contributed by atoms with Gasteiger partial charge in [-0.05, 0) is 24.3 Å². The van der Waals surface area contributed by atoms with Crippen molar-refractivity contribution in [3.8, 4) is 5.69 Å². The summed E-state index contributed by atoms with van der Waals surface area (Å²) in [7, 11) is 0. The molecule has 0 aliphatic rings. The van der Waals surface area contributed by atoms with E-state index in [2.05, 4.69) is 15.0 Å². The van der Waals surface area contributed by atoms with Gasteiger partial charge in [0.1, 0.15) is 5.52 Å². The molecule has 4 rings (SSSR count). The maximum Gasteiger partial charge on any atom is 0.207 e. The molecule has 3 heterocycles. The Labute approximate surface area is 114 Å². The molecule has 4 aromatic rings. The lowest BCUT2D eigenvalue weighted by Crippen LogP contribution is -2.02. The molecule has 0 fully saturated rings. The molecule has 0 radical (unpaired) electrons. The number of benzene rings is 1. The fourth-order valence-electron chi connectivity index (χ4n) is 2.44. The topological polar surface area (TPSA) is 69.6 Å². The molecule has 0 unspecified atom stereocenters. The second-order valence-corrected chi connectivity index (χ2v) is 4.50. The highest BCUT2D eigenvalue weighted by Crippen LogP contribution is 2.26. The molecular formula is C15H11N5. The average molecular weight is 261 g/mol. The Bertz CT molecular complexity index is 921. The van der Waals surface area contributed by atoms with E-state index in [4.69, 9.17) is 5.73 Å². The van der Waals surface area contributed by atoms with Gasteiger partial charge in [0.15, 0.2) is 5.65 Å².